The van der Waals surface area contributed by atoms with Gasteiger partial charge in [0.2, 0.25) is 6.79 Å². The summed E-state index contributed by atoms with van der Waals surface area (Å²) in [7, 11) is 2.78. The molecular formula is C61H68N4O14. The average molecular weight is 1080 g/mol. The standard InChI is InChI=1S/C32H36N2O8.C29H32N2O6/c1-21-26(17-24-12-8-5-9-13-24)25(16-23-10-6-4-7-11-23)18-39-19-27(32(37)42-21)34-31(36)29-30(41-20-40-22(2)35)28(38-3)14-15-33-29;1-19-23(16-21-11-7-4-8-12-21)22(15-20-9-5-3-6-10-20)17-36-18-24(29(34)37-19)31-28(33)26-27(32)25(35-2)13-14-30-26/h4-15,21,25-27H,16-20H2,1-3H3,(H,34,36);3-14,19,22-24,32H,15-18H2,1-2H3,(H,31,33)/t21-,25-,26-,27-;19-,22-,23-,24-/m00/s1. The quantitative estimate of drug-likeness (QED) is 0.0461. The molecule has 8 atom stereocenters. The SMILES string of the molecule is COc1ccnc(C(=O)N[C@H]2COC[C@H](Cc3ccccc3)[C@@H](Cc3ccccc3)[C@H](C)OC2=O)c1O.COc1ccnc(C(=O)N[C@H]2COC[C@H](Cc3ccccc3)[C@@H](Cc3ccccc3)[C@H](C)OC2=O)c1OCOC(C)=O. The van der Waals surface area contributed by atoms with Gasteiger partial charge in [-0.05, 0) is 73.6 Å². The molecule has 0 bridgehead atoms. The van der Waals surface area contributed by atoms with Gasteiger partial charge in [0.1, 0.15) is 12.2 Å². The first-order valence-corrected chi connectivity index (χ1v) is 26.2. The van der Waals surface area contributed by atoms with E-state index in [-0.39, 0.29) is 65.5 Å². The van der Waals surface area contributed by atoms with Gasteiger partial charge in [-0.1, -0.05) is 121 Å². The highest BCUT2D eigenvalue weighted by Gasteiger charge is 2.38. The minimum absolute atomic E-state index is 0.00916. The maximum Gasteiger partial charge on any atom is 0.331 e. The van der Waals surface area contributed by atoms with Crippen molar-refractivity contribution in [1.29, 1.82) is 0 Å². The third-order valence-corrected chi connectivity index (χ3v) is 13.8. The third-order valence-electron chi connectivity index (χ3n) is 13.8. The van der Waals surface area contributed by atoms with Crippen molar-refractivity contribution in [2.45, 2.75) is 70.7 Å². The maximum absolute atomic E-state index is 13.4. The number of benzene rings is 4. The number of ether oxygens (including phenoxy) is 8. The van der Waals surface area contributed by atoms with Gasteiger partial charge >= 0.3 is 17.9 Å². The van der Waals surface area contributed by atoms with Crippen molar-refractivity contribution in [2.24, 2.45) is 23.7 Å². The summed E-state index contributed by atoms with van der Waals surface area (Å²) >= 11 is 0. The summed E-state index contributed by atoms with van der Waals surface area (Å²) in [5.41, 5.74) is 4.23. The molecule has 0 radical (unpaired) electrons. The molecule has 0 aliphatic carbocycles. The van der Waals surface area contributed by atoms with E-state index in [4.69, 9.17) is 37.9 Å². The summed E-state index contributed by atoms with van der Waals surface area (Å²) in [5.74, 6) is -3.24. The lowest BCUT2D eigenvalue weighted by atomic mass is 9.80. The lowest BCUT2D eigenvalue weighted by molar-refractivity contribution is -0.154. The predicted octanol–water partition coefficient (Wildman–Crippen LogP) is 7.34. The molecule has 18 nitrogen and oxygen atoms in total. The van der Waals surface area contributed by atoms with Crippen LogP contribution in [0.1, 0.15) is 64.0 Å². The first-order valence-electron chi connectivity index (χ1n) is 26.2. The van der Waals surface area contributed by atoms with Crippen LogP contribution in [0, 0.1) is 23.7 Å². The largest absolute Gasteiger partial charge is 0.503 e. The molecule has 2 aliphatic rings. The van der Waals surface area contributed by atoms with Crippen molar-refractivity contribution in [3.8, 4) is 23.0 Å². The summed E-state index contributed by atoms with van der Waals surface area (Å²) in [6.45, 7) is 5.17. The molecular weight excluding hydrogens is 1010 g/mol. The van der Waals surface area contributed by atoms with Gasteiger partial charge in [0, 0.05) is 43.3 Å². The Kier molecular flexibility index (Phi) is 21.7. The Balaban J connectivity index is 0.000000230. The van der Waals surface area contributed by atoms with Crippen molar-refractivity contribution in [2.75, 3.05) is 47.4 Å². The normalized spacial score (nSPS) is 21.4. The van der Waals surface area contributed by atoms with E-state index in [1.807, 2.05) is 86.6 Å². The van der Waals surface area contributed by atoms with Gasteiger partial charge in [0.15, 0.2) is 46.5 Å². The van der Waals surface area contributed by atoms with E-state index < -0.39 is 66.6 Å². The van der Waals surface area contributed by atoms with E-state index in [0.29, 0.717) is 19.6 Å². The van der Waals surface area contributed by atoms with Crippen LogP contribution in [-0.4, -0.2) is 117 Å². The molecule has 2 fully saturated rings. The molecule has 18 heteroatoms. The summed E-state index contributed by atoms with van der Waals surface area (Å²) in [4.78, 5) is 72.0. The molecule has 2 aliphatic heterocycles. The monoisotopic (exact) mass is 1080 g/mol. The number of esters is 3. The van der Waals surface area contributed by atoms with Gasteiger partial charge in [0.25, 0.3) is 11.8 Å². The number of rotatable bonds is 17. The second-order valence-electron chi connectivity index (χ2n) is 19.3. The zero-order chi connectivity index (χ0) is 56.1. The lowest BCUT2D eigenvalue weighted by Gasteiger charge is -2.31. The number of pyridine rings is 2. The third kappa shape index (κ3) is 16.8. The number of amides is 2. The second-order valence-corrected chi connectivity index (χ2v) is 19.3. The predicted molar refractivity (Wildman–Crippen MR) is 290 cm³/mol. The molecule has 0 spiro atoms. The lowest BCUT2D eigenvalue weighted by Crippen LogP contribution is -2.46. The van der Waals surface area contributed by atoms with Crippen LogP contribution in [0.15, 0.2) is 146 Å². The highest BCUT2D eigenvalue weighted by molar-refractivity contribution is 5.99. The van der Waals surface area contributed by atoms with E-state index in [1.54, 1.807) is 0 Å². The number of hydrogen-bond acceptors (Lipinski definition) is 16. The first-order chi connectivity index (χ1) is 38.3. The molecule has 79 heavy (non-hydrogen) atoms. The fourth-order valence-electron chi connectivity index (χ4n) is 9.71. The molecule has 2 aromatic heterocycles. The van der Waals surface area contributed by atoms with E-state index in [9.17, 15) is 29.1 Å². The number of aromatic nitrogens is 2. The highest BCUT2D eigenvalue weighted by atomic mass is 16.7. The number of carbonyl (C=O) groups is 5. The van der Waals surface area contributed by atoms with Crippen LogP contribution in [0.25, 0.3) is 0 Å². The van der Waals surface area contributed by atoms with E-state index in [0.717, 1.165) is 36.0 Å². The zero-order valence-corrected chi connectivity index (χ0v) is 45.0. The Labute approximate surface area is 460 Å². The summed E-state index contributed by atoms with van der Waals surface area (Å²) in [5, 5.41) is 15.6. The van der Waals surface area contributed by atoms with Crippen LogP contribution in [0.2, 0.25) is 0 Å². The van der Waals surface area contributed by atoms with Gasteiger partial charge in [0.05, 0.1) is 40.6 Å². The molecule has 0 unspecified atom stereocenters. The maximum atomic E-state index is 13.4. The van der Waals surface area contributed by atoms with Gasteiger partial charge < -0.3 is 53.6 Å². The smallest absolute Gasteiger partial charge is 0.331 e. The molecule has 2 amide bonds. The minimum atomic E-state index is -1.10. The van der Waals surface area contributed by atoms with Crippen LogP contribution < -0.4 is 24.8 Å². The van der Waals surface area contributed by atoms with E-state index in [2.05, 4.69) is 69.1 Å². The second kappa shape index (κ2) is 29.4. The Morgan fingerprint density at radius 2 is 0.949 bits per heavy atom. The topological polar surface area (TPSA) is 229 Å². The van der Waals surface area contributed by atoms with Crippen LogP contribution in [0.3, 0.4) is 0 Å². The molecule has 6 aromatic rings. The fraction of sp³-hybridized carbons (Fsp3) is 0.361. The molecule has 3 N–H and O–H groups in total. The van der Waals surface area contributed by atoms with E-state index in [1.165, 1.54) is 51.2 Å². The van der Waals surface area contributed by atoms with Crippen LogP contribution in [0.4, 0.5) is 0 Å². The number of aromatic hydroxyl groups is 1. The molecule has 4 aromatic carbocycles. The van der Waals surface area contributed by atoms with Crippen molar-refractivity contribution >= 4 is 29.7 Å². The molecule has 4 heterocycles. The Bertz CT molecular complexity index is 2920. The zero-order valence-electron chi connectivity index (χ0n) is 45.0. The summed E-state index contributed by atoms with van der Waals surface area (Å²) in [6.07, 6.45) is 4.76. The fourth-order valence-corrected chi connectivity index (χ4v) is 9.71. The highest BCUT2D eigenvalue weighted by Crippen LogP contribution is 2.33. The number of hydrogen-bond donors (Lipinski definition) is 3. The molecule has 416 valence electrons. The van der Waals surface area contributed by atoms with E-state index >= 15 is 0 Å². The van der Waals surface area contributed by atoms with Crippen molar-refractivity contribution < 1.29 is 67.0 Å². The number of nitrogens with one attached hydrogen (secondary N) is 2. The minimum Gasteiger partial charge on any atom is -0.503 e. The molecule has 8 rings (SSSR count). The number of methoxy groups -OCH3 is 2. The van der Waals surface area contributed by atoms with Gasteiger partial charge in [-0.2, -0.15) is 0 Å². The van der Waals surface area contributed by atoms with Crippen LogP contribution in [-0.2, 0) is 63.8 Å². The van der Waals surface area contributed by atoms with Crippen LogP contribution >= 0.6 is 0 Å². The van der Waals surface area contributed by atoms with Gasteiger partial charge in [-0.3, -0.25) is 14.4 Å². The summed E-state index contributed by atoms with van der Waals surface area (Å²) in [6, 6.07) is 41.3. The summed E-state index contributed by atoms with van der Waals surface area (Å²) < 4.78 is 44.7. The van der Waals surface area contributed by atoms with Crippen LogP contribution in [0.5, 0.6) is 23.0 Å². The van der Waals surface area contributed by atoms with Gasteiger partial charge in [-0.15, -0.1) is 0 Å². The molecule has 0 saturated carbocycles. The van der Waals surface area contributed by atoms with Crippen molar-refractivity contribution in [3.63, 3.8) is 0 Å². The first kappa shape index (κ1) is 58.3. The van der Waals surface area contributed by atoms with Crippen molar-refractivity contribution in [3.05, 3.63) is 179 Å². The Morgan fingerprint density at radius 3 is 1.37 bits per heavy atom. The number of carbonyl (C=O) groups excluding carboxylic acids is 5. The Hall–Kier alpha value is -8.35. The average Bonchev–Trinajstić information content (AvgIpc) is 3.56. The number of nitrogens with zero attached hydrogens (tertiary/aromatic N) is 2. The molecule has 2 saturated heterocycles. The van der Waals surface area contributed by atoms with Gasteiger partial charge in [-0.25, -0.2) is 19.6 Å². The van der Waals surface area contributed by atoms with Crippen molar-refractivity contribution in [1.82, 2.24) is 20.6 Å². The Morgan fingerprint density at radius 1 is 0.557 bits per heavy atom. The number of cyclic esters (lactones) is 2.